The Morgan fingerprint density at radius 1 is 1.14 bits per heavy atom. The molecular formula is C13H23Br. The Hall–Kier alpha value is -0.0400. The van der Waals surface area contributed by atoms with Gasteiger partial charge in [-0.1, -0.05) is 59.5 Å². The minimum atomic E-state index is 1.07. The highest BCUT2D eigenvalue weighted by atomic mass is 79.9. The molecule has 0 nitrogen and oxygen atoms in total. The summed E-state index contributed by atoms with van der Waals surface area (Å²) in [4.78, 5) is 0. The molecule has 0 bridgehead atoms. The fourth-order valence-corrected chi connectivity index (χ4v) is 1.51. The maximum atomic E-state index is 3.43. The minimum absolute atomic E-state index is 1.07. The Balaban J connectivity index is 3.40. The van der Waals surface area contributed by atoms with Crippen LogP contribution in [0.2, 0.25) is 0 Å². The Labute approximate surface area is 97.6 Å². The van der Waals surface area contributed by atoms with Crippen LogP contribution in [0, 0.1) is 0 Å². The van der Waals surface area contributed by atoms with Crippen molar-refractivity contribution in [2.24, 2.45) is 0 Å². The van der Waals surface area contributed by atoms with Gasteiger partial charge >= 0.3 is 0 Å². The Bertz CT molecular complexity index is 168. The quantitative estimate of drug-likeness (QED) is 0.317. The number of hydrogen-bond acceptors (Lipinski definition) is 0. The average molecular weight is 259 g/mol. The summed E-state index contributed by atoms with van der Waals surface area (Å²) in [6, 6.07) is 0. The van der Waals surface area contributed by atoms with E-state index in [1.165, 1.54) is 31.3 Å². The zero-order valence-electron chi connectivity index (χ0n) is 9.56. The highest BCUT2D eigenvalue weighted by molar-refractivity contribution is 9.09. The molecule has 0 atom stereocenters. The van der Waals surface area contributed by atoms with E-state index >= 15 is 0 Å². The zero-order valence-corrected chi connectivity index (χ0v) is 11.1. The van der Waals surface area contributed by atoms with Crippen LogP contribution >= 0.6 is 15.9 Å². The summed E-state index contributed by atoms with van der Waals surface area (Å²) in [6.07, 6.45) is 14.5. The summed E-state index contributed by atoms with van der Waals surface area (Å²) >= 11 is 3.43. The highest BCUT2D eigenvalue weighted by Gasteiger charge is 1.85. The van der Waals surface area contributed by atoms with Gasteiger partial charge in [-0.3, -0.25) is 0 Å². The van der Waals surface area contributed by atoms with Crippen molar-refractivity contribution in [2.75, 3.05) is 5.33 Å². The molecule has 0 aliphatic carbocycles. The average Bonchev–Trinajstić information content (AvgIpc) is 2.20. The number of alkyl halides is 1. The molecule has 0 N–H and O–H groups in total. The second kappa shape index (κ2) is 11.0. The van der Waals surface area contributed by atoms with Crippen molar-refractivity contribution < 1.29 is 0 Å². The van der Waals surface area contributed by atoms with Crippen LogP contribution in [0.25, 0.3) is 0 Å². The first-order valence-electron chi connectivity index (χ1n) is 5.67. The van der Waals surface area contributed by atoms with Crippen molar-refractivity contribution in [3.63, 3.8) is 0 Å². The van der Waals surface area contributed by atoms with E-state index in [1.807, 2.05) is 0 Å². The molecule has 0 aromatic rings. The van der Waals surface area contributed by atoms with Gasteiger partial charge in [0.05, 0.1) is 0 Å². The first kappa shape index (κ1) is 14.0. The lowest BCUT2D eigenvalue weighted by molar-refractivity contribution is 0.728. The van der Waals surface area contributed by atoms with E-state index in [1.54, 1.807) is 0 Å². The van der Waals surface area contributed by atoms with Crippen LogP contribution in [0.5, 0.6) is 0 Å². The lowest BCUT2D eigenvalue weighted by atomic mass is 10.1. The van der Waals surface area contributed by atoms with Crippen LogP contribution in [0.1, 0.15) is 52.4 Å². The summed E-state index contributed by atoms with van der Waals surface area (Å²) < 4.78 is 0. The van der Waals surface area contributed by atoms with Gasteiger partial charge in [-0.25, -0.2) is 0 Å². The van der Waals surface area contributed by atoms with Crippen LogP contribution in [0.4, 0.5) is 0 Å². The number of unbranched alkanes of at least 4 members (excludes halogenated alkanes) is 3. The topological polar surface area (TPSA) is 0 Å². The fourth-order valence-electron chi connectivity index (χ4n) is 1.28. The summed E-state index contributed by atoms with van der Waals surface area (Å²) in [7, 11) is 0. The van der Waals surface area contributed by atoms with Crippen molar-refractivity contribution in [2.45, 2.75) is 52.4 Å². The number of hydrogen-bond donors (Lipinski definition) is 0. The second-order valence-electron chi connectivity index (χ2n) is 3.70. The van der Waals surface area contributed by atoms with Crippen LogP contribution in [0.3, 0.4) is 0 Å². The van der Waals surface area contributed by atoms with Crippen molar-refractivity contribution >= 4 is 15.9 Å². The molecule has 1 heteroatoms. The van der Waals surface area contributed by atoms with Gasteiger partial charge in [0.15, 0.2) is 0 Å². The van der Waals surface area contributed by atoms with E-state index in [-0.39, 0.29) is 0 Å². The molecule has 0 aromatic heterocycles. The molecule has 0 rings (SSSR count). The van der Waals surface area contributed by atoms with Crippen molar-refractivity contribution in [3.8, 4) is 0 Å². The van der Waals surface area contributed by atoms with E-state index in [0.29, 0.717) is 0 Å². The van der Waals surface area contributed by atoms with Gasteiger partial charge in [0.1, 0.15) is 0 Å². The van der Waals surface area contributed by atoms with Gasteiger partial charge in [-0.15, -0.1) is 0 Å². The number of allylic oxidation sites excluding steroid dienone is 4. The lowest BCUT2D eigenvalue weighted by Gasteiger charge is -1.95. The third-order valence-electron chi connectivity index (χ3n) is 2.18. The summed E-state index contributed by atoms with van der Waals surface area (Å²) in [5.74, 6) is 0. The van der Waals surface area contributed by atoms with E-state index in [0.717, 1.165) is 18.2 Å². The van der Waals surface area contributed by atoms with Gasteiger partial charge in [0.25, 0.3) is 0 Å². The SMILES string of the molecule is CCCCCC=CCC(C)=CCCBr. The number of rotatable bonds is 8. The molecule has 0 saturated heterocycles. The molecule has 0 aliphatic heterocycles. The Morgan fingerprint density at radius 3 is 2.57 bits per heavy atom. The number of halogens is 1. The molecule has 0 heterocycles. The molecule has 82 valence electrons. The second-order valence-corrected chi connectivity index (χ2v) is 4.49. The Kier molecular flexibility index (Phi) is 11.0. The lowest BCUT2D eigenvalue weighted by Crippen LogP contribution is -1.76. The summed E-state index contributed by atoms with van der Waals surface area (Å²) in [5, 5.41) is 1.07. The van der Waals surface area contributed by atoms with Gasteiger partial charge in [0, 0.05) is 5.33 Å². The summed E-state index contributed by atoms with van der Waals surface area (Å²) in [6.45, 7) is 4.45. The van der Waals surface area contributed by atoms with Gasteiger partial charge in [-0.05, 0) is 32.6 Å². The fraction of sp³-hybridized carbons (Fsp3) is 0.692. The van der Waals surface area contributed by atoms with Gasteiger partial charge in [0.2, 0.25) is 0 Å². The predicted octanol–water partition coefficient (Wildman–Crippen LogP) is 5.24. The minimum Gasteiger partial charge on any atom is -0.0925 e. The van der Waals surface area contributed by atoms with Crippen molar-refractivity contribution in [3.05, 3.63) is 23.8 Å². The third kappa shape index (κ3) is 10.0. The molecule has 0 aromatic carbocycles. The smallest absolute Gasteiger partial charge is 0.00660 e. The molecule has 0 spiro atoms. The van der Waals surface area contributed by atoms with E-state index in [2.05, 4.69) is 48.0 Å². The first-order valence-corrected chi connectivity index (χ1v) is 6.80. The molecule has 0 aliphatic rings. The maximum absolute atomic E-state index is 3.43. The highest BCUT2D eigenvalue weighted by Crippen LogP contribution is 2.05. The largest absolute Gasteiger partial charge is 0.0925 e. The monoisotopic (exact) mass is 258 g/mol. The Morgan fingerprint density at radius 2 is 1.93 bits per heavy atom. The van der Waals surface area contributed by atoms with Gasteiger partial charge in [-0.2, -0.15) is 0 Å². The van der Waals surface area contributed by atoms with Crippen LogP contribution in [-0.4, -0.2) is 5.33 Å². The molecule has 0 unspecified atom stereocenters. The van der Waals surface area contributed by atoms with E-state index in [4.69, 9.17) is 0 Å². The van der Waals surface area contributed by atoms with Crippen molar-refractivity contribution in [1.29, 1.82) is 0 Å². The molecule has 0 amide bonds. The predicted molar refractivity (Wildman–Crippen MR) is 70.1 cm³/mol. The van der Waals surface area contributed by atoms with Crippen LogP contribution in [-0.2, 0) is 0 Å². The third-order valence-corrected chi connectivity index (χ3v) is 2.64. The summed E-state index contributed by atoms with van der Waals surface area (Å²) in [5.41, 5.74) is 1.48. The first-order chi connectivity index (χ1) is 6.81. The molecule has 14 heavy (non-hydrogen) atoms. The van der Waals surface area contributed by atoms with Crippen LogP contribution in [0.15, 0.2) is 23.8 Å². The van der Waals surface area contributed by atoms with Gasteiger partial charge < -0.3 is 0 Å². The molecule has 0 fully saturated rings. The zero-order chi connectivity index (χ0) is 10.6. The maximum Gasteiger partial charge on any atom is 0.00660 e. The van der Waals surface area contributed by atoms with Crippen molar-refractivity contribution in [1.82, 2.24) is 0 Å². The standard InChI is InChI=1S/C13H23Br/c1-3-4-5-6-7-8-10-13(2)11-9-12-14/h7-8,11H,3-6,9-10,12H2,1-2H3. The molecular weight excluding hydrogens is 236 g/mol. The van der Waals surface area contributed by atoms with E-state index in [9.17, 15) is 0 Å². The van der Waals surface area contributed by atoms with Crippen LogP contribution < -0.4 is 0 Å². The van der Waals surface area contributed by atoms with E-state index < -0.39 is 0 Å². The molecule has 0 saturated carbocycles. The normalized spacial score (nSPS) is 12.6. The molecule has 0 radical (unpaired) electrons.